The third-order valence-electron chi connectivity index (χ3n) is 5.13. The number of likely N-dealkylation sites (N-methyl/N-ethyl adjacent to an activating group) is 2. The minimum Gasteiger partial charge on any atom is -0.493 e. The predicted octanol–water partition coefficient (Wildman–Crippen LogP) is 4.05. The zero-order chi connectivity index (χ0) is 20.7. The van der Waals surface area contributed by atoms with Crippen LogP contribution in [0, 0.1) is 6.92 Å². The normalized spacial score (nSPS) is 12.0. The molecular weight excluding hydrogens is 352 g/mol. The number of methoxy groups -OCH3 is 2. The van der Waals surface area contributed by atoms with E-state index in [1.165, 1.54) is 0 Å². The summed E-state index contributed by atoms with van der Waals surface area (Å²) in [6, 6.07) is 13.6. The maximum absolute atomic E-state index is 13.3. The largest absolute Gasteiger partial charge is 0.493 e. The lowest BCUT2D eigenvalue weighted by Gasteiger charge is -2.32. The second-order valence-corrected chi connectivity index (χ2v) is 6.87. The van der Waals surface area contributed by atoms with Crippen molar-refractivity contribution in [1.82, 2.24) is 9.80 Å². The van der Waals surface area contributed by atoms with Gasteiger partial charge < -0.3 is 14.4 Å². The minimum absolute atomic E-state index is 0.122. The quantitative estimate of drug-likeness (QED) is 0.654. The Hall–Kier alpha value is -2.53. The maximum atomic E-state index is 13.3. The lowest BCUT2D eigenvalue weighted by Crippen LogP contribution is -2.41. The summed E-state index contributed by atoms with van der Waals surface area (Å²) in [5.74, 6) is 1.53. The van der Waals surface area contributed by atoms with Crippen LogP contribution in [0.15, 0.2) is 42.5 Å². The van der Waals surface area contributed by atoms with Crippen LogP contribution in [0.4, 0.5) is 0 Å². The molecule has 0 fully saturated rings. The topological polar surface area (TPSA) is 42.0 Å². The monoisotopic (exact) mass is 384 g/mol. The number of nitrogens with zero attached hydrogens (tertiary/aromatic N) is 2. The van der Waals surface area contributed by atoms with Crippen molar-refractivity contribution in [2.24, 2.45) is 0 Å². The summed E-state index contributed by atoms with van der Waals surface area (Å²) >= 11 is 0. The van der Waals surface area contributed by atoms with E-state index in [0.717, 1.165) is 16.7 Å². The molecule has 0 saturated heterocycles. The molecule has 0 aromatic heterocycles. The molecule has 1 amide bonds. The second-order valence-electron chi connectivity index (χ2n) is 6.87. The Balaban J connectivity index is 2.38. The van der Waals surface area contributed by atoms with Gasteiger partial charge in [-0.1, -0.05) is 30.3 Å². The van der Waals surface area contributed by atoms with Crippen LogP contribution < -0.4 is 9.47 Å². The molecule has 1 atom stereocenters. The maximum Gasteiger partial charge on any atom is 0.244 e. The molecule has 0 spiro atoms. The summed E-state index contributed by atoms with van der Waals surface area (Å²) in [5.41, 5.74) is 3.21. The fourth-order valence-electron chi connectivity index (χ4n) is 3.48. The Morgan fingerprint density at radius 3 is 2.11 bits per heavy atom. The van der Waals surface area contributed by atoms with Crippen LogP contribution in [0.1, 0.15) is 36.6 Å². The van der Waals surface area contributed by atoms with Crippen molar-refractivity contribution in [3.63, 3.8) is 0 Å². The first kappa shape index (κ1) is 21.8. The molecule has 152 valence electrons. The molecule has 0 saturated carbocycles. The van der Waals surface area contributed by atoms with Crippen LogP contribution in [0.3, 0.4) is 0 Å². The summed E-state index contributed by atoms with van der Waals surface area (Å²) in [6.07, 6.45) is 0. The van der Waals surface area contributed by atoms with E-state index in [4.69, 9.17) is 9.47 Å². The Bertz CT molecular complexity index is 773. The number of aryl methyl sites for hydroxylation is 1. The molecule has 0 unspecified atom stereocenters. The van der Waals surface area contributed by atoms with Crippen molar-refractivity contribution in [3.8, 4) is 11.5 Å². The number of hydrogen-bond donors (Lipinski definition) is 0. The zero-order valence-electron chi connectivity index (χ0n) is 17.9. The van der Waals surface area contributed by atoms with E-state index in [2.05, 4.69) is 11.8 Å². The first-order valence-electron chi connectivity index (χ1n) is 9.72. The van der Waals surface area contributed by atoms with E-state index in [1.54, 1.807) is 14.2 Å². The van der Waals surface area contributed by atoms with Crippen LogP contribution in [-0.4, -0.2) is 50.1 Å². The van der Waals surface area contributed by atoms with Gasteiger partial charge in [0.2, 0.25) is 5.91 Å². The third-order valence-corrected chi connectivity index (χ3v) is 5.13. The van der Waals surface area contributed by atoms with Crippen molar-refractivity contribution in [1.29, 1.82) is 0 Å². The first-order valence-corrected chi connectivity index (χ1v) is 9.72. The molecule has 2 rings (SSSR count). The van der Waals surface area contributed by atoms with Gasteiger partial charge in [-0.15, -0.1) is 0 Å². The lowest BCUT2D eigenvalue weighted by atomic mass is 10.0. The molecule has 0 aliphatic heterocycles. The molecular formula is C23H32N2O3. The van der Waals surface area contributed by atoms with Gasteiger partial charge in [0.25, 0.3) is 0 Å². The van der Waals surface area contributed by atoms with Gasteiger partial charge in [0, 0.05) is 19.6 Å². The first-order chi connectivity index (χ1) is 13.5. The number of ether oxygens (including phenoxy) is 2. The number of amides is 1. The third kappa shape index (κ3) is 4.84. The van der Waals surface area contributed by atoms with Gasteiger partial charge in [-0.05, 0) is 56.6 Å². The van der Waals surface area contributed by atoms with Gasteiger partial charge in [-0.2, -0.15) is 0 Å². The van der Waals surface area contributed by atoms with Crippen molar-refractivity contribution >= 4 is 5.91 Å². The molecule has 2 aromatic carbocycles. The highest BCUT2D eigenvalue weighted by molar-refractivity contribution is 5.83. The summed E-state index contributed by atoms with van der Waals surface area (Å²) < 4.78 is 10.9. The van der Waals surface area contributed by atoms with E-state index < -0.39 is 0 Å². The Morgan fingerprint density at radius 1 is 1.00 bits per heavy atom. The molecule has 0 aliphatic rings. The van der Waals surface area contributed by atoms with E-state index in [0.29, 0.717) is 31.1 Å². The lowest BCUT2D eigenvalue weighted by molar-refractivity contribution is -0.136. The summed E-state index contributed by atoms with van der Waals surface area (Å²) in [6.45, 7) is 8.10. The van der Waals surface area contributed by atoms with Crippen LogP contribution in [0.5, 0.6) is 11.5 Å². The fraction of sp³-hybridized carbons (Fsp3) is 0.435. The minimum atomic E-state index is -0.339. The van der Waals surface area contributed by atoms with E-state index in [9.17, 15) is 4.79 Å². The van der Waals surface area contributed by atoms with Crippen LogP contribution in [-0.2, 0) is 11.3 Å². The van der Waals surface area contributed by atoms with Crippen molar-refractivity contribution in [2.75, 3.05) is 34.4 Å². The average molecular weight is 385 g/mol. The Labute approximate surface area is 168 Å². The Kier molecular flexibility index (Phi) is 7.88. The number of benzene rings is 2. The molecule has 0 heterocycles. The van der Waals surface area contributed by atoms with Crippen molar-refractivity contribution in [2.45, 2.75) is 33.4 Å². The number of carbonyl (C=O) groups is 1. The van der Waals surface area contributed by atoms with Gasteiger partial charge in [-0.25, -0.2) is 0 Å². The number of hydrogen-bond acceptors (Lipinski definition) is 4. The molecule has 0 radical (unpaired) electrons. The smallest absolute Gasteiger partial charge is 0.244 e. The fourth-order valence-corrected chi connectivity index (χ4v) is 3.48. The SMILES string of the molecule is CCN(CC)C(=O)[C@@H](c1ccccc1)N(C)Cc1cc(OC)c(OC)cc1C. The predicted molar refractivity (Wildman–Crippen MR) is 113 cm³/mol. The number of carbonyl (C=O) groups excluding carboxylic acids is 1. The van der Waals surface area contributed by atoms with Gasteiger partial charge in [0.05, 0.1) is 14.2 Å². The number of rotatable bonds is 9. The molecule has 0 N–H and O–H groups in total. The van der Waals surface area contributed by atoms with Crippen LogP contribution in [0.25, 0.3) is 0 Å². The van der Waals surface area contributed by atoms with Crippen molar-refractivity contribution < 1.29 is 14.3 Å². The highest BCUT2D eigenvalue weighted by Crippen LogP contribution is 2.32. The Morgan fingerprint density at radius 2 is 1.57 bits per heavy atom. The zero-order valence-corrected chi connectivity index (χ0v) is 17.9. The summed E-state index contributed by atoms with van der Waals surface area (Å²) in [7, 11) is 5.27. The highest BCUT2D eigenvalue weighted by atomic mass is 16.5. The van der Waals surface area contributed by atoms with E-state index in [-0.39, 0.29) is 11.9 Å². The van der Waals surface area contributed by atoms with E-state index in [1.807, 2.05) is 68.3 Å². The molecule has 5 heteroatoms. The van der Waals surface area contributed by atoms with Crippen molar-refractivity contribution in [3.05, 3.63) is 59.2 Å². The summed E-state index contributed by atoms with van der Waals surface area (Å²) in [4.78, 5) is 17.3. The highest BCUT2D eigenvalue weighted by Gasteiger charge is 2.28. The molecule has 0 bridgehead atoms. The molecule has 2 aromatic rings. The molecule has 0 aliphatic carbocycles. The second kappa shape index (κ2) is 10.1. The van der Waals surface area contributed by atoms with Gasteiger partial charge in [0.1, 0.15) is 6.04 Å². The van der Waals surface area contributed by atoms with E-state index >= 15 is 0 Å². The van der Waals surface area contributed by atoms with Gasteiger partial charge in [-0.3, -0.25) is 9.69 Å². The summed E-state index contributed by atoms with van der Waals surface area (Å²) in [5, 5.41) is 0. The standard InChI is InChI=1S/C23H32N2O3/c1-7-25(8-2)23(26)22(18-12-10-9-11-13-18)24(4)16-19-15-21(28-6)20(27-5)14-17(19)3/h9-15,22H,7-8,16H2,1-6H3/t22-/m1/s1. The van der Waals surface area contributed by atoms with Gasteiger partial charge >= 0.3 is 0 Å². The molecule has 28 heavy (non-hydrogen) atoms. The van der Waals surface area contributed by atoms with Gasteiger partial charge in [0.15, 0.2) is 11.5 Å². The molecule has 5 nitrogen and oxygen atoms in total. The van der Waals surface area contributed by atoms with Crippen LogP contribution >= 0.6 is 0 Å². The average Bonchev–Trinajstić information content (AvgIpc) is 2.71. The van der Waals surface area contributed by atoms with Crippen LogP contribution in [0.2, 0.25) is 0 Å².